The van der Waals surface area contributed by atoms with E-state index < -0.39 is 0 Å². The Morgan fingerprint density at radius 2 is 1.82 bits per heavy atom. The Balaban J connectivity index is 2.06. The van der Waals surface area contributed by atoms with Crippen LogP contribution in [0.25, 0.3) is 0 Å². The van der Waals surface area contributed by atoms with Gasteiger partial charge in [0.25, 0.3) is 0 Å². The third-order valence-corrected chi connectivity index (χ3v) is 2.35. The summed E-state index contributed by atoms with van der Waals surface area (Å²) in [6, 6.07) is 13.5. The molecule has 1 heterocycles. The lowest BCUT2D eigenvalue weighted by Gasteiger charge is -2.08. The highest BCUT2D eigenvalue weighted by molar-refractivity contribution is 5.27. The second-order valence-corrected chi connectivity index (χ2v) is 3.74. The zero-order chi connectivity index (χ0) is 12.1. The molecule has 0 saturated carbocycles. The summed E-state index contributed by atoms with van der Waals surface area (Å²) in [6.45, 7) is 2.39. The van der Waals surface area contributed by atoms with E-state index in [-0.39, 0.29) is 0 Å². The lowest BCUT2D eigenvalue weighted by atomic mass is 10.3. The monoisotopic (exact) mass is 229 g/mol. The molecular weight excluding hydrogens is 214 g/mol. The minimum Gasteiger partial charge on any atom is -0.497 e. The van der Waals surface area contributed by atoms with Gasteiger partial charge in [0.05, 0.1) is 12.8 Å². The fourth-order valence-corrected chi connectivity index (χ4v) is 1.57. The molecule has 0 N–H and O–H groups in total. The standard InChI is InChI=1S/C14H15NO2/c1-11-8-14(16-2)9-12(15-11)10-17-13-6-4-3-5-7-13/h3-9H,10H2,1-2H3. The predicted octanol–water partition coefficient (Wildman–Crippen LogP) is 2.98. The van der Waals surface area contributed by atoms with Gasteiger partial charge in [-0.3, -0.25) is 4.98 Å². The Hall–Kier alpha value is -2.03. The van der Waals surface area contributed by atoms with Crippen molar-refractivity contribution in [2.75, 3.05) is 7.11 Å². The van der Waals surface area contributed by atoms with Gasteiger partial charge in [0, 0.05) is 17.8 Å². The maximum absolute atomic E-state index is 5.63. The van der Waals surface area contributed by atoms with Crippen LogP contribution in [0.1, 0.15) is 11.4 Å². The summed E-state index contributed by atoms with van der Waals surface area (Å²) in [4.78, 5) is 4.39. The molecule has 1 aromatic carbocycles. The molecule has 0 saturated heterocycles. The second-order valence-electron chi connectivity index (χ2n) is 3.74. The second kappa shape index (κ2) is 5.34. The molecule has 0 aliphatic carbocycles. The largest absolute Gasteiger partial charge is 0.497 e. The van der Waals surface area contributed by atoms with Crippen molar-refractivity contribution in [1.82, 2.24) is 4.98 Å². The molecule has 2 aromatic rings. The molecule has 1 aromatic heterocycles. The van der Waals surface area contributed by atoms with Gasteiger partial charge in [-0.15, -0.1) is 0 Å². The topological polar surface area (TPSA) is 31.4 Å². The summed E-state index contributed by atoms with van der Waals surface area (Å²) in [5, 5.41) is 0. The number of methoxy groups -OCH3 is 1. The minimum absolute atomic E-state index is 0.446. The summed E-state index contributed by atoms with van der Waals surface area (Å²) < 4.78 is 10.8. The van der Waals surface area contributed by atoms with E-state index in [1.807, 2.05) is 49.4 Å². The van der Waals surface area contributed by atoms with Gasteiger partial charge in [-0.1, -0.05) is 18.2 Å². The van der Waals surface area contributed by atoms with E-state index in [0.717, 1.165) is 22.9 Å². The maximum Gasteiger partial charge on any atom is 0.130 e. The number of hydrogen-bond donors (Lipinski definition) is 0. The molecule has 0 spiro atoms. The summed E-state index contributed by atoms with van der Waals surface area (Å²) in [7, 11) is 1.65. The van der Waals surface area contributed by atoms with Crippen LogP contribution in [-0.2, 0) is 6.61 Å². The van der Waals surface area contributed by atoms with E-state index in [4.69, 9.17) is 9.47 Å². The maximum atomic E-state index is 5.63. The number of benzene rings is 1. The number of para-hydroxylation sites is 1. The van der Waals surface area contributed by atoms with Gasteiger partial charge in [0.15, 0.2) is 0 Å². The van der Waals surface area contributed by atoms with Crippen molar-refractivity contribution < 1.29 is 9.47 Å². The van der Waals surface area contributed by atoms with Gasteiger partial charge in [0.1, 0.15) is 18.1 Å². The minimum atomic E-state index is 0.446. The van der Waals surface area contributed by atoms with Crippen LogP contribution in [0.3, 0.4) is 0 Å². The van der Waals surface area contributed by atoms with Crippen LogP contribution >= 0.6 is 0 Å². The molecule has 0 unspecified atom stereocenters. The fourth-order valence-electron chi connectivity index (χ4n) is 1.57. The first kappa shape index (κ1) is 11.5. The highest BCUT2D eigenvalue weighted by atomic mass is 16.5. The van der Waals surface area contributed by atoms with Crippen molar-refractivity contribution in [3.8, 4) is 11.5 Å². The van der Waals surface area contributed by atoms with E-state index in [1.54, 1.807) is 7.11 Å². The number of rotatable bonds is 4. The first-order valence-electron chi connectivity index (χ1n) is 5.47. The van der Waals surface area contributed by atoms with Gasteiger partial charge in [-0.25, -0.2) is 0 Å². The first-order chi connectivity index (χ1) is 8.28. The Labute approximate surface area is 101 Å². The molecule has 3 nitrogen and oxygen atoms in total. The first-order valence-corrected chi connectivity index (χ1v) is 5.47. The van der Waals surface area contributed by atoms with Crippen LogP contribution in [0.5, 0.6) is 11.5 Å². The fraction of sp³-hybridized carbons (Fsp3) is 0.214. The molecule has 0 atom stereocenters. The Bertz CT molecular complexity index is 483. The molecule has 88 valence electrons. The summed E-state index contributed by atoms with van der Waals surface area (Å²) >= 11 is 0. The van der Waals surface area contributed by atoms with Crippen LogP contribution in [0.15, 0.2) is 42.5 Å². The van der Waals surface area contributed by atoms with Gasteiger partial charge in [-0.05, 0) is 19.1 Å². The Morgan fingerprint density at radius 1 is 1.06 bits per heavy atom. The van der Waals surface area contributed by atoms with Crippen LogP contribution in [-0.4, -0.2) is 12.1 Å². The van der Waals surface area contributed by atoms with Gasteiger partial charge >= 0.3 is 0 Å². The quantitative estimate of drug-likeness (QED) is 0.807. The highest BCUT2D eigenvalue weighted by Crippen LogP contribution is 2.15. The van der Waals surface area contributed by atoms with Crippen LogP contribution in [0, 0.1) is 6.92 Å². The van der Waals surface area contributed by atoms with Gasteiger partial charge < -0.3 is 9.47 Å². The zero-order valence-corrected chi connectivity index (χ0v) is 10.0. The SMILES string of the molecule is COc1cc(C)nc(COc2ccccc2)c1. The molecule has 2 rings (SSSR count). The van der Waals surface area contributed by atoms with E-state index in [9.17, 15) is 0 Å². The lowest BCUT2D eigenvalue weighted by Crippen LogP contribution is -2.00. The molecular formula is C14H15NO2. The smallest absolute Gasteiger partial charge is 0.130 e. The average molecular weight is 229 g/mol. The molecule has 0 aliphatic rings. The predicted molar refractivity (Wildman–Crippen MR) is 66.3 cm³/mol. The number of aryl methyl sites for hydroxylation is 1. The van der Waals surface area contributed by atoms with E-state index >= 15 is 0 Å². The Morgan fingerprint density at radius 3 is 2.53 bits per heavy atom. The molecule has 0 amide bonds. The molecule has 17 heavy (non-hydrogen) atoms. The van der Waals surface area contributed by atoms with Crippen LogP contribution < -0.4 is 9.47 Å². The van der Waals surface area contributed by atoms with Crippen molar-refractivity contribution in [1.29, 1.82) is 0 Å². The average Bonchev–Trinajstić information content (AvgIpc) is 2.37. The number of nitrogens with zero attached hydrogens (tertiary/aromatic N) is 1. The van der Waals surface area contributed by atoms with Crippen molar-refractivity contribution in [2.24, 2.45) is 0 Å². The van der Waals surface area contributed by atoms with E-state index in [2.05, 4.69) is 4.98 Å². The number of ether oxygens (including phenoxy) is 2. The van der Waals surface area contributed by atoms with E-state index in [0.29, 0.717) is 6.61 Å². The lowest BCUT2D eigenvalue weighted by molar-refractivity contribution is 0.300. The normalized spacial score (nSPS) is 10.0. The number of aromatic nitrogens is 1. The summed E-state index contributed by atoms with van der Waals surface area (Å²) in [6.07, 6.45) is 0. The van der Waals surface area contributed by atoms with Gasteiger partial charge in [-0.2, -0.15) is 0 Å². The highest BCUT2D eigenvalue weighted by Gasteiger charge is 2.01. The molecule has 0 bridgehead atoms. The molecule has 3 heteroatoms. The van der Waals surface area contributed by atoms with Crippen molar-refractivity contribution >= 4 is 0 Å². The third-order valence-electron chi connectivity index (χ3n) is 2.35. The third kappa shape index (κ3) is 3.21. The van der Waals surface area contributed by atoms with E-state index in [1.165, 1.54) is 0 Å². The Kier molecular flexibility index (Phi) is 3.60. The number of pyridine rings is 1. The van der Waals surface area contributed by atoms with Crippen LogP contribution in [0.2, 0.25) is 0 Å². The van der Waals surface area contributed by atoms with Crippen LogP contribution in [0.4, 0.5) is 0 Å². The summed E-state index contributed by atoms with van der Waals surface area (Å²) in [5.41, 5.74) is 1.79. The van der Waals surface area contributed by atoms with Crippen molar-refractivity contribution in [2.45, 2.75) is 13.5 Å². The molecule has 0 aliphatic heterocycles. The zero-order valence-electron chi connectivity index (χ0n) is 10.0. The number of hydrogen-bond acceptors (Lipinski definition) is 3. The summed E-state index contributed by atoms with van der Waals surface area (Å²) in [5.74, 6) is 1.65. The molecule has 0 fully saturated rings. The molecule has 0 radical (unpaired) electrons. The van der Waals surface area contributed by atoms with Gasteiger partial charge in [0.2, 0.25) is 0 Å². The van der Waals surface area contributed by atoms with Crippen molar-refractivity contribution in [3.63, 3.8) is 0 Å². The van der Waals surface area contributed by atoms with Crippen molar-refractivity contribution in [3.05, 3.63) is 53.9 Å².